The molecule has 0 amide bonds. The molecule has 0 aromatic carbocycles. The van der Waals surface area contributed by atoms with Crippen LogP contribution < -0.4 is 0 Å². The van der Waals surface area contributed by atoms with E-state index in [4.69, 9.17) is 12.2 Å². The molecule has 0 saturated carbocycles. The van der Waals surface area contributed by atoms with Crippen molar-refractivity contribution in [1.82, 2.24) is 9.80 Å². The standard InChI is InChI=1S/C8H16N2S2/c1-6-5-10(8(11)12)7(2)4-9(6)3/h6-7H,4-5H2,1-3H3,(H,11,12). The van der Waals surface area contributed by atoms with E-state index in [0.717, 1.165) is 17.4 Å². The molecule has 1 heterocycles. The first-order valence-corrected chi connectivity index (χ1v) is 5.07. The van der Waals surface area contributed by atoms with Crippen molar-refractivity contribution in [1.29, 1.82) is 0 Å². The smallest absolute Gasteiger partial charge is 0.133 e. The van der Waals surface area contributed by atoms with E-state index in [2.05, 4.69) is 43.3 Å². The second kappa shape index (κ2) is 3.94. The zero-order valence-electron chi connectivity index (χ0n) is 7.82. The van der Waals surface area contributed by atoms with Gasteiger partial charge in [-0.1, -0.05) is 12.2 Å². The summed E-state index contributed by atoms with van der Waals surface area (Å²) in [7, 11) is 2.15. The van der Waals surface area contributed by atoms with E-state index in [1.807, 2.05) is 0 Å². The number of likely N-dealkylation sites (N-methyl/N-ethyl adjacent to an activating group) is 1. The second-order valence-electron chi connectivity index (χ2n) is 3.57. The highest BCUT2D eigenvalue weighted by atomic mass is 32.1. The van der Waals surface area contributed by atoms with E-state index in [9.17, 15) is 0 Å². The lowest BCUT2D eigenvalue weighted by Crippen LogP contribution is -2.55. The van der Waals surface area contributed by atoms with Gasteiger partial charge in [0.25, 0.3) is 0 Å². The molecule has 12 heavy (non-hydrogen) atoms. The van der Waals surface area contributed by atoms with Gasteiger partial charge in [-0.05, 0) is 20.9 Å². The predicted octanol–water partition coefficient (Wildman–Crippen LogP) is 1.23. The van der Waals surface area contributed by atoms with Crippen molar-refractivity contribution in [2.24, 2.45) is 0 Å². The van der Waals surface area contributed by atoms with Gasteiger partial charge in [-0.3, -0.25) is 4.90 Å². The van der Waals surface area contributed by atoms with Crippen molar-refractivity contribution in [3.05, 3.63) is 0 Å². The molecular weight excluding hydrogens is 188 g/mol. The summed E-state index contributed by atoms with van der Waals surface area (Å²) < 4.78 is 0.724. The van der Waals surface area contributed by atoms with Crippen LogP contribution in [0.4, 0.5) is 0 Å². The number of piperazine rings is 1. The fraction of sp³-hybridized carbons (Fsp3) is 0.875. The first-order valence-electron chi connectivity index (χ1n) is 4.22. The monoisotopic (exact) mass is 204 g/mol. The number of nitrogens with zero attached hydrogens (tertiary/aromatic N) is 2. The van der Waals surface area contributed by atoms with Crippen LogP contribution in [-0.4, -0.2) is 46.3 Å². The van der Waals surface area contributed by atoms with Gasteiger partial charge in [-0.2, -0.15) is 0 Å². The minimum absolute atomic E-state index is 0.496. The van der Waals surface area contributed by atoms with Gasteiger partial charge < -0.3 is 4.90 Å². The Morgan fingerprint density at radius 2 is 1.92 bits per heavy atom. The molecule has 2 unspecified atom stereocenters. The van der Waals surface area contributed by atoms with E-state index in [1.54, 1.807) is 0 Å². The van der Waals surface area contributed by atoms with Crippen molar-refractivity contribution in [2.45, 2.75) is 25.9 Å². The topological polar surface area (TPSA) is 6.48 Å². The zero-order valence-corrected chi connectivity index (χ0v) is 9.53. The quantitative estimate of drug-likeness (QED) is 0.469. The van der Waals surface area contributed by atoms with Gasteiger partial charge in [-0.15, -0.1) is 12.6 Å². The average Bonchev–Trinajstić information content (AvgIpc) is 1.96. The van der Waals surface area contributed by atoms with Gasteiger partial charge in [0, 0.05) is 25.2 Å². The van der Waals surface area contributed by atoms with Crippen molar-refractivity contribution >= 4 is 29.2 Å². The van der Waals surface area contributed by atoms with Crippen LogP contribution in [0.2, 0.25) is 0 Å². The van der Waals surface area contributed by atoms with Crippen LogP contribution in [0.25, 0.3) is 0 Å². The number of thiocarbonyl (C=S) groups is 1. The predicted molar refractivity (Wildman–Crippen MR) is 59.8 cm³/mol. The summed E-state index contributed by atoms with van der Waals surface area (Å²) in [5.74, 6) is 0. The molecule has 2 atom stereocenters. The van der Waals surface area contributed by atoms with Crippen LogP contribution in [0.15, 0.2) is 0 Å². The first-order chi connectivity index (χ1) is 5.52. The largest absolute Gasteiger partial charge is 0.352 e. The third-order valence-electron chi connectivity index (χ3n) is 2.54. The number of hydrogen-bond donors (Lipinski definition) is 1. The molecular formula is C8H16N2S2. The fourth-order valence-corrected chi connectivity index (χ4v) is 2.10. The van der Waals surface area contributed by atoms with Gasteiger partial charge in [0.2, 0.25) is 0 Å². The summed E-state index contributed by atoms with van der Waals surface area (Å²) in [4.78, 5) is 4.54. The summed E-state index contributed by atoms with van der Waals surface area (Å²) in [6.07, 6.45) is 0. The Bertz CT molecular complexity index is 184. The molecule has 0 bridgehead atoms. The van der Waals surface area contributed by atoms with Crippen LogP contribution in [-0.2, 0) is 0 Å². The SMILES string of the molecule is CC1CN(C(=S)S)C(C)CN1C. The summed E-state index contributed by atoms with van der Waals surface area (Å²) in [5.41, 5.74) is 0. The van der Waals surface area contributed by atoms with E-state index in [1.165, 1.54) is 0 Å². The molecule has 1 rings (SSSR count). The second-order valence-corrected chi connectivity index (χ2v) is 4.69. The molecule has 0 aromatic heterocycles. The Labute approximate surface area is 85.3 Å². The lowest BCUT2D eigenvalue weighted by molar-refractivity contribution is 0.114. The summed E-state index contributed by atoms with van der Waals surface area (Å²) in [5, 5.41) is 0. The molecule has 2 nitrogen and oxygen atoms in total. The molecule has 1 saturated heterocycles. The van der Waals surface area contributed by atoms with Crippen molar-refractivity contribution in [2.75, 3.05) is 20.1 Å². The van der Waals surface area contributed by atoms with Gasteiger partial charge >= 0.3 is 0 Å². The third-order valence-corrected chi connectivity index (χ3v) is 3.03. The van der Waals surface area contributed by atoms with Gasteiger partial charge in [0.05, 0.1) is 0 Å². The lowest BCUT2D eigenvalue weighted by Gasteiger charge is -2.42. The normalized spacial score (nSPS) is 32.2. The molecule has 0 radical (unpaired) electrons. The first kappa shape index (κ1) is 10.3. The van der Waals surface area contributed by atoms with Gasteiger partial charge in [-0.25, -0.2) is 0 Å². The molecule has 1 fully saturated rings. The van der Waals surface area contributed by atoms with E-state index < -0.39 is 0 Å². The maximum atomic E-state index is 5.06. The van der Waals surface area contributed by atoms with Gasteiger partial charge in [0.15, 0.2) is 0 Å². The number of hydrogen-bond acceptors (Lipinski definition) is 2. The van der Waals surface area contributed by atoms with E-state index in [0.29, 0.717) is 12.1 Å². The maximum absolute atomic E-state index is 5.06. The Kier molecular flexibility index (Phi) is 3.37. The minimum Gasteiger partial charge on any atom is -0.352 e. The van der Waals surface area contributed by atoms with Crippen molar-refractivity contribution < 1.29 is 0 Å². The summed E-state index contributed by atoms with van der Waals surface area (Å²) >= 11 is 9.27. The molecule has 0 aromatic rings. The van der Waals surface area contributed by atoms with Crippen LogP contribution in [0.3, 0.4) is 0 Å². The van der Waals surface area contributed by atoms with Crippen LogP contribution in [0.1, 0.15) is 13.8 Å². The molecule has 70 valence electrons. The van der Waals surface area contributed by atoms with Gasteiger partial charge in [0.1, 0.15) is 4.32 Å². The van der Waals surface area contributed by atoms with Crippen molar-refractivity contribution in [3.63, 3.8) is 0 Å². The lowest BCUT2D eigenvalue weighted by atomic mass is 10.1. The molecule has 0 spiro atoms. The highest BCUT2D eigenvalue weighted by Crippen LogP contribution is 2.14. The Balaban J connectivity index is 2.61. The van der Waals surface area contributed by atoms with Crippen LogP contribution in [0, 0.1) is 0 Å². The fourth-order valence-electron chi connectivity index (χ4n) is 1.57. The molecule has 1 aliphatic heterocycles. The molecule has 4 heteroatoms. The Hall–Kier alpha value is 0.200. The highest BCUT2D eigenvalue weighted by molar-refractivity contribution is 8.10. The Morgan fingerprint density at radius 1 is 1.33 bits per heavy atom. The van der Waals surface area contributed by atoms with E-state index >= 15 is 0 Å². The highest BCUT2D eigenvalue weighted by Gasteiger charge is 2.26. The average molecular weight is 204 g/mol. The summed E-state index contributed by atoms with van der Waals surface area (Å²) in [6.45, 7) is 6.47. The number of rotatable bonds is 0. The minimum atomic E-state index is 0.496. The number of thiol groups is 1. The molecule has 1 aliphatic rings. The third kappa shape index (κ3) is 2.12. The Morgan fingerprint density at radius 3 is 2.42 bits per heavy atom. The van der Waals surface area contributed by atoms with Crippen molar-refractivity contribution in [3.8, 4) is 0 Å². The molecule has 0 N–H and O–H groups in total. The maximum Gasteiger partial charge on any atom is 0.133 e. The van der Waals surface area contributed by atoms with Crippen LogP contribution in [0.5, 0.6) is 0 Å². The van der Waals surface area contributed by atoms with E-state index in [-0.39, 0.29) is 0 Å². The van der Waals surface area contributed by atoms with Crippen LogP contribution >= 0.6 is 24.8 Å². The summed E-state index contributed by atoms with van der Waals surface area (Å²) in [6, 6.07) is 1.07. The zero-order chi connectivity index (χ0) is 9.30. The molecule has 0 aliphatic carbocycles.